The molecule has 1 aliphatic rings. The molecule has 2 aromatic rings. The largest absolute Gasteiger partial charge is 0.433 e. The van der Waals surface area contributed by atoms with Crippen molar-refractivity contribution < 1.29 is 40.7 Å². The molecule has 34 heavy (non-hydrogen) atoms. The van der Waals surface area contributed by atoms with Gasteiger partial charge in [0.2, 0.25) is 12.1 Å². The van der Waals surface area contributed by atoms with E-state index in [1.165, 1.54) is 37.3 Å². The number of nitriles is 1. The quantitative estimate of drug-likeness (QED) is 0.630. The first-order valence-corrected chi connectivity index (χ1v) is 9.58. The molecular formula is C21H16F6N4O3. The fraction of sp³-hybridized carbons (Fsp3) is 0.286. The second-order valence-corrected chi connectivity index (χ2v) is 7.26. The summed E-state index contributed by atoms with van der Waals surface area (Å²) in [4.78, 5) is 24.1. The molecule has 7 nitrogen and oxygen atoms in total. The van der Waals surface area contributed by atoms with Crippen LogP contribution in [-0.2, 0) is 20.5 Å². The molecule has 2 aromatic carbocycles. The molecule has 13 heteroatoms. The van der Waals surface area contributed by atoms with Crippen molar-refractivity contribution in [3.8, 4) is 6.07 Å². The van der Waals surface area contributed by atoms with Gasteiger partial charge in [0.1, 0.15) is 0 Å². The molecule has 180 valence electrons. The van der Waals surface area contributed by atoms with Crippen LogP contribution < -0.4 is 15.5 Å². The minimum atomic E-state index is -5.03. The first-order valence-electron chi connectivity index (χ1n) is 9.58. The summed E-state index contributed by atoms with van der Waals surface area (Å²) in [6.45, 7) is 0.602. The second kappa shape index (κ2) is 9.22. The SMILES string of the molecule is CC(=O)Nc1ccc(NC(=O)[C@@H]2CN(c3ccc(C#N)c(C(F)(F)F)c3)[C@@H](C(F)(F)F)O2)cc1. The van der Waals surface area contributed by atoms with Crippen molar-refractivity contribution in [2.45, 2.75) is 31.6 Å². The van der Waals surface area contributed by atoms with Gasteiger partial charge in [0.05, 0.1) is 23.7 Å². The molecule has 0 spiro atoms. The monoisotopic (exact) mass is 486 g/mol. The summed E-state index contributed by atoms with van der Waals surface area (Å²) in [6.07, 6.45) is -14.3. The normalized spacial score (nSPS) is 18.4. The zero-order chi connectivity index (χ0) is 25.3. The Kier molecular flexibility index (Phi) is 6.74. The Morgan fingerprint density at radius 3 is 2.12 bits per heavy atom. The van der Waals surface area contributed by atoms with E-state index < -0.39 is 54.0 Å². The molecule has 2 N–H and O–H groups in total. The summed E-state index contributed by atoms with van der Waals surface area (Å²) in [7, 11) is 0. The van der Waals surface area contributed by atoms with Gasteiger partial charge in [0.15, 0.2) is 6.10 Å². The van der Waals surface area contributed by atoms with Crippen molar-refractivity contribution in [3.63, 3.8) is 0 Å². The molecule has 1 heterocycles. The molecule has 0 unspecified atom stereocenters. The van der Waals surface area contributed by atoms with Crippen LogP contribution in [0.4, 0.5) is 43.4 Å². The third-order valence-corrected chi connectivity index (χ3v) is 4.74. The van der Waals surface area contributed by atoms with Gasteiger partial charge in [-0.2, -0.15) is 31.6 Å². The number of rotatable bonds is 4. The Bertz CT molecular complexity index is 1130. The van der Waals surface area contributed by atoms with E-state index in [1.807, 2.05) is 0 Å². The number of hydrogen-bond donors (Lipinski definition) is 2. The van der Waals surface area contributed by atoms with Crippen LogP contribution in [0, 0.1) is 11.3 Å². The highest BCUT2D eigenvalue weighted by Crippen LogP contribution is 2.39. The molecule has 3 rings (SSSR count). The second-order valence-electron chi connectivity index (χ2n) is 7.26. The van der Waals surface area contributed by atoms with E-state index in [4.69, 9.17) is 10.00 Å². The number of benzene rings is 2. The van der Waals surface area contributed by atoms with Crippen LogP contribution in [-0.4, -0.2) is 36.9 Å². The van der Waals surface area contributed by atoms with Gasteiger partial charge in [-0.25, -0.2) is 0 Å². The Labute approximate surface area is 188 Å². The number of nitrogens with one attached hydrogen (secondary N) is 2. The summed E-state index contributed by atoms with van der Waals surface area (Å²) in [5.41, 5.74) is -2.05. The molecule has 0 aromatic heterocycles. The van der Waals surface area contributed by atoms with Gasteiger partial charge in [-0.1, -0.05) is 0 Å². The maximum atomic E-state index is 13.6. The van der Waals surface area contributed by atoms with Crippen LogP contribution in [0.3, 0.4) is 0 Å². The summed E-state index contributed by atoms with van der Waals surface area (Å²) >= 11 is 0. The summed E-state index contributed by atoms with van der Waals surface area (Å²) < 4.78 is 85.4. The molecular weight excluding hydrogens is 470 g/mol. The fourth-order valence-electron chi connectivity index (χ4n) is 3.29. The Balaban J connectivity index is 1.83. The molecule has 1 aliphatic heterocycles. The Morgan fingerprint density at radius 1 is 1.03 bits per heavy atom. The lowest BCUT2D eigenvalue weighted by molar-refractivity contribution is -0.212. The summed E-state index contributed by atoms with van der Waals surface area (Å²) in [5, 5.41) is 13.8. The van der Waals surface area contributed by atoms with Gasteiger partial charge in [-0.15, -0.1) is 0 Å². The van der Waals surface area contributed by atoms with Crippen LogP contribution in [0.15, 0.2) is 42.5 Å². The lowest BCUT2D eigenvalue weighted by atomic mass is 10.1. The van der Waals surface area contributed by atoms with Gasteiger partial charge < -0.3 is 20.3 Å². The van der Waals surface area contributed by atoms with E-state index >= 15 is 0 Å². The van der Waals surface area contributed by atoms with E-state index in [0.29, 0.717) is 16.7 Å². The molecule has 0 saturated carbocycles. The first kappa shape index (κ1) is 24.8. The van der Waals surface area contributed by atoms with Crippen molar-refractivity contribution in [3.05, 3.63) is 53.6 Å². The number of carbonyl (C=O) groups excluding carboxylic acids is 2. The molecule has 0 aliphatic carbocycles. The number of nitrogens with zero attached hydrogens (tertiary/aromatic N) is 2. The highest BCUT2D eigenvalue weighted by atomic mass is 19.4. The lowest BCUT2D eigenvalue weighted by Crippen LogP contribution is -2.42. The van der Waals surface area contributed by atoms with Crippen LogP contribution in [0.25, 0.3) is 0 Å². The van der Waals surface area contributed by atoms with Gasteiger partial charge in [0, 0.05) is 24.0 Å². The molecule has 2 amide bonds. The van der Waals surface area contributed by atoms with Crippen LogP contribution in [0.1, 0.15) is 18.1 Å². The van der Waals surface area contributed by atoms with E-state index in [0.717, 1.165) is 12.1 Å². The summed E-state index contributed by atoms with van der Waals surface area (Å²) in [5.74, 6) is -1.28. The minimum Gasteiger partial charge on any atom is -0.335 e. The molecule has 0 bridgehead atoms. The van der Waals surface area contributed by atoms with Gasteiger partial charge in [-0.3, -0.25) is 9.59 Å². The predicted octanol–water partition coefficient (Wildman–Crippen LogP) is 4.27. The third kappa shape index (κ3) is 5.57. The number of ether oxygens (including phenoxy) is 1. The Hall–Kier alpha value is -3.79. The Morgan fingerprint density at radius 2 is 1.62 bits per heavy atom. The number of hydrogen-bond acceptors (Lipinski definition) is 5. The maximum absolute atomic E-state index is 13.6. The number of halogens is 6. The van der Waals surface area contributed by atoms with Crippen molar-refractivity contribution >= 4 is 28.9 Å². The zero-order valence-corrected chi connectivity index (χ0v) is 17.3. The van der Waals surface area contributed by atoms with Crippen LogP contribution >= 0.6 is 0 Å². The van der Waals surface area contributed by atoms with E-state index in [9.17, 15) is 35.9 Å². The van der Waals surface area contributed by atoms with Gasteiger partial charge in [-0.05, 0) is 42.5 Å². The van der Waals surface area contributed by atoms with Crippen molar-refractivity contribution in [2.75, 3.05) is 22.1 Å². The van der Waals surface area contributed by atoms with Crippen molar-refractivity contribution in [2.24, 2.45) is 0 Å². The predicted molar refractivity (Wildman–Crippen MR) is 108 cm³/mol. The topological polar surface area (TPSA) is 94.5 Å². The smallest absolute Gasteiger partial charge is 0.335 e. The third-order valence-electron chi connectivity index (χ3n) is 4.74. The number of alkyl halides is 6. The average molecular weight is 486 g/mol. The average Bonchev–Trinajstić information content (AvgIpc) is 3.20. The maximum Gasteiger partial charge on any atom is 0.433 e. The van der Waals surface area contributed by atoms with Crippen molar-refractivity contribution in [1.29, 1.82) is 5.26 Å². The molecule has 1 saturated heterocycles. The molecule has 0 radical (unpaired) electrons. The van der Waals surface area contributed by atoms with Gasteiger partial charge >= 0.3 is 12.4 Å². The van der Waals surface area contributed by atoms with Crippen LogP contribution in [0.2, 0.25) is 0 Å². The van der Waals surface area contributed by atoms with Gasteiger partial charge in [0.25, 0.3) is 5.91 Å². The molecule has 1 fully saturated rings. The highest BCUT2D eigenvalue weighted by Gasteiger charge is 2.52. The fourth-order valence-corrected chi connectivity index (χ4v) is 3.29. The zero-order valence-electron chi connectivity index (χ0n) is 17.3. The molecule has 2 atom stereocenters. The van der Waals surface area contributed by atoms with Crippen LogP contribution in [0.5, 0.6) is 0 Å². The van der Waals surface area contributed by atoms with E-state index in [2.05, 4.69) is 10.6 Å². The first-order chi connectivity index (χ1) is 15.8. The van der Waals surface area contributed by atoms with E-state index in [-0.39, 0.29) is 11.6 Å². The lowest BCUT2D eigenvalue weighted by Gasteiger charge is -2.27. The summed E-state index contributed by atoms with van der Waals surface area (Å²) in [6, 6.07) is 9.15. The number of anilines is 3. The standard InChI is InChI=1S/C21H16F6N4O3/c1-11(32)29-13-3-5-14(6-4-13)30-18(33)17-10-31(19(34-17)21(25,26)27)15-7-2-12(9-28)16(8-15)20(22,23)24/h2-8,17,19H,10H2,1H3,(H,29,32)(H,30,33)/t17-,19+/m0/s1. The van der Waals surface area contributed by atoms with E-state index in [1.54, 1.807) is 0 Å². The minimum absolute atomic E-state index is 0.197. The highest BCUT2D eigenvalue weighted by molar-refractivity contribution is 5.95. The number of amides is 2. The number of carbonyl (C=O) groups is 2. The van der Waals surface area contributed by atoms with Crippen molar-refractivity contribution in [1.82, 2.24) is 0 Å².